The maximum Gasteiger partial charge on any atom is 0.168 e. The Labute approximate surface area is 65.3 Å². The van der Waals surface area contributed by atoms with Crippen molar-refractivity contribution in [2.24, 2.45) is 11.3 Å². The van der Waals surface area contributed by atoms with Crippen LogP contribution in [0, 0.1) is 11.3 Å². The number of allylic oxidation sites excluding steroid dienone is 2. The lowest BCUT2D eigenvalue weighted by atomic mass is 9.79. The summed E-state index contributed by atoms with van der Waals surface area (Å²) in [5.74, 6) is 0.166. The summed E-state index contributed by atoms with van der Waals surface area (Å²) in [4.78, 5) is 22.7. The monoisotopic (exact) mass is 150 g/mol. The second-order valence-electron chi connectivity index (χ2n) is 3.56. The molecule has 0 aromatic heterocycles. The molecule has 2 aliphatic rings. The fraction of sp³-hybridized carbons (Fsp3) is 0.556. The summed E-state index contributed by atoms with van der Waals surface area (Å²) in [5.41, 5.74) is -0.653. The van der Waals surface area contributed by atoms with E-state index in [0.717, 1.165) is 12.8 Å². The highest BCUT2D eigenvalue weighted by Gasteiger charge is 2.49. The van der Waals surface area contributed by atoms with Gasteiger partial charge in [0.1, 0.15) is 0 Å². The van der Waals surface area contributed by atoms with Crippen molar-refractivity contribution in [1.29, 1.82) is 0 Å². The fourth-order valence-electron chi connectivity index (χ4n) is 1.92. The first-order chi connectivity index (χ1) is 5.14. The van der Waals surface area contributed by atoms with E-state index in [0.29, 0.717) is 0 Å². The van der Waals surface area contributed by atoms with Gasteiger partial charge in [-0.3, -0.25) is 9.59 Å². The fourth-order valence-corrected chi connectivity index (χ4v) is 1.92. The molecule has 0 radical (unpaired) electrons. The Hall–Kier alpha value is -0.920. The maximum absolute atomic E-state index is 11.4. The van der Waals surface area contributed by atoms with Gasteiger partial charge in [0.05, 0.1) is 5.41 Å². The van der Waals surface area contributed by atoms with Crippen LogP contribution in [0.4, 0.5) is 0 Å². The Kier molecular flexibility index (Phi) is 1.12. The van der Waals surface area contributed by atoms with Crippen molar-refractivity contribution in [2.45, 2.75) is 19.8 Å². The van der Waals surface area contributed by atoms with Gasteiger partial charge in [-0.2, -0.15) is 0 Å². The average Bonchev–Trinajstić information content (AvgIpc) is 2.16. The van der Waals surface area contributed by atoms with Crippen molar-refractivity contribution < 1.29 is 9.59 Å². The molecule has 2 bridgehead atoms. The Morgan fingerprint density at radius 2 is 2.27 bits per heavy atom. The minimum atomic E-state index is -0.653. The van der Waals surface area contributed by atoms with Crippen molar-refractivity contribution in [3.8, 4) is 0 Å². The Balaban J connectivity index is 2.52. The predicted octanol–water partition coefficient (Wildman–Crippen LogP) is 1.11. The minimum absolute atomic E-state index is 0.00347. The summed E-state index contributed by atoms with van der Waals surface area (Å²) in [7, 11) is 0. The zero-order chi connectivity index (χ0) is 8.06. The highest BCUT2D eigenvalue weighted by Crippen LogP contribution is 2.42. The third-order valence-corrected chi connectivity index (χ3v) is 2.86. The molecule has 0 aromatic rings. The molecule has 2 rings (SSSR count). The molecule has 2 aliphatic carbocycles. The van der Waals surface area contributed by atoms with Crippen molar-refractivity contribution in [3.63, 3.8) is 0 Å². The number of ketones is 2. The molecule has 11 heavy (non-hydrogen) atoms. The largest absolute Gasteiger partial charge is 0.298 e. The Bertz CT molecular complexity index is 265. The molecule has 1 saturated carbocycles. The smallest absolute Gasteiger partial charge is 0.168 e. The third kappa shape index (κ3) is 0.669. The number of hydrogen-bond donors (Lipinski definition) is 0. The summed E-state index contributed by atoms with van der Waals surface area (Å²) in [6, 6.07) is 0. The molecule has 0 heterocycles. The van der Waals surface area contributed by atoms with Crippen molar-refractivity contribution in [1.82, 2.24) is 0 Å². The van der Waals surface area contributed by atoms with E-state index in [-0.39, 0.29) is 17.5 Å². The summed E-state index contributed by atoms with van der Waals surface area (Å²) in [6.45, 7) is 1.77. The van der Waals surface area contributed by atoms with Crippen LogP contribution in [-0.2, 0) is 9.59 Å². The van der Waals surface area contributed by atoms with Crippen LogP contribution >= 0.6 is 0 Å². The zero-order valence-corrected chi connectivity index (χ0v) is 6.46. The van der Waals surface area contributed by atoms with Gasteiger partial charge in [0.2, 0.25) is 0 Å². The zero-order valence-electron chi connectivity index (χ0n) is 6.46. The number of rotatable bonds is 0. The van der Waals surface area contributed by atoms with Crippen LogP contribution in [0.1, 0.15) is 19.8 Å². The first-order valence-corrected chi connectivity index (χ1v) is 3.91. The second-order valence-corrected chi connectivity index (χ2v) is 3.56. The number of carbonyl (C=O) groups excluding carboxylic acids is 2. The molecule has 0 aromatic carbocycles. The number of carbonyl (C=O) groups is 2. The van der Waals surface area contributed by atoms with Crippen LogP contribution in [0.15, 0.2) is 12.2 Å². The van der Waals surface area contributed by atoms with Crippen molar-refractivity contribution in [2.75, 3.05) is 0 Å². The van der Waals surface area contributed by atoms with E-state index in [1.54, 1.807) is 19.1 Å². The Morgan fingerprint density at radius 1 is 1.55 bits per heavy atom. The third-order valence-electron chi connectivity index (χ3n) is 2.86. The van der Waals surface area contributed by atoms with E-state index in [1.807, 2.05) is 0 Å². The van der Waals surface area contributed by atoms with Crippen LogP contribution in [0.5, 0.6) is 0 Å². The van der Waals surface area contributed by atoms with E-state index in [1.165, 1.54) is 0 Å². The lowest BCUT2D eigenvalue weighted by molar-refractivity contribution is -0.136. The van der Waals surface area contributed by atoms with Gasteiger partial charge in [-0.1, -0.05) is 6.08 Å². The van der Waals surface area contributed by atoms with E-state index < -0.39 is 5.41 Å². The topological polar surface area (TPSA) is 34.1 Å². The van der Waals surface area contributed by atoms with Crippen LogP contribution in [-0.4, -0.2) is 11.6 Å². The van der Waals surface area contributed by atoms with Crippen LogP contribution in [0.25, 0.3) is 0 Å². The van der Waals surface area contributed by atoms with E-state index in [4.69, 9.17) is 0 Å². The summed E-state index contributed by atoms with van der Waals surface area (Å²) in [6.07, 6.45) is 4.92. The molecule has 0 saturated heterocycles. The predicted molar refractivity (Wildman–Crippen MR) is 40.0 cm³/mol. The highest BCUT2D eigenvalue weighted by molar-refractivity contribution is 6.16. The first kappa shape index (κ1) is 6.77. The molecule has 58 valence electrons. The van der Waals surface area contributed by atoms with Gasteiger partial charge in [-0.25, -0.2) is 0 Å². The van der Waals surface area contributed by atoms with Gasteiger partial charge < -0.3 is 0 Å². The number of hydrogen-bond acceptors (Lipinski definition) is 2. The van der Waals surface area contributed by atoms with Crippen molar-refractivity contribution >= 4 is 11.6 Å². The van der Waals surface area contributed by atoms with Gasteiger partial charge >= 0.3 is 0 Å². The number of fused-ring (bicyclic) bond motifs is 2. The maximum atomic E-state index is 11.4. The molecule has 2 atom stereocenters. The van der Waals surface area contributed by atoms with E-state index in [9.17, 15) is 9.59 Å². The minimum Gasteiger partial charge on any atom is -0.298 e. The standard InChI is InChI=1S/C9H10O2/c1-9-5-4-6(8(9)11)2-3-7(9)10/h2-3,6H,4-5H2,1H3/t6-,9-/m1/s1. The summed E-state index contributed by atoms with van der Waals surface area (Å²) < 4.78 is 0. The SMILES string of the molecule is C[C@@]12CC[C@@H](C=CC1=O)C2=O. The first-order valence-electron chi connectivity index (χ1n) is 3.91. The lowest BCUT2D eigenvalue weighted by Gasteiger charge is -2.21. The van der Waals surface area contributed by atoms with Gasteiger partial charge in [0.15, 0.2) is 11.6 Å². The van der Waals surface area contributed by atoms with Crippen LogP contribution in [0.3, 0.4) is 0 Å². The highest BCUT2D eigenvalue weighted by atomic mass is 16.2. The molecular formula is C9H10O2. The van der Waals surface area contributed by atoms with Crippen LogP contribution in [0.2, 0.25) is 0 Å². The van der Waals surface area contributed by atoms with Gasteiger partial charge in [-0.15, -0.1) is 0 Å². The molecule has 0 aliphatic heterocycles. The molecule has 0 N–H and O–H groups in total. The second kappa shape index (κ2) is 1.81. The summed E-state index contributed by atoms with van der Waals surface area (Å²) in [5, 5.41) is 0. The number of Topliss-reactive ketones (excluding diaryl/α,β-unsaturated/α-hetero) is 1. The quantitative estimate of drug-likeness (QED) is 0.485. The van der Waals surface area contributed by atoms with Crippen molar-refractivity contribution in [3.05, 3.63) is 12.2 Å². The van der Waals surface area contributed by atoms with Gasteiger partial charge in [0.25, 0.3) is 0 Å². The van der Waals surface area contributed by atoms with Gasteiger partial charge in [-0.05, 0) is 25.8 Å². The van der Waals surface area contributed by atoms with E-state index in [2.05, 4.69) is 0 Å². The Morgan fingerprint density at radius 3 is 2.91 bits per heavy atom. The molecule has 2 heteroatoms. The lowest BCUT2D eigenvalue weighted by Crippen LogP contribution is -2.35. The molecular weight excluding hydrogens is 140 g/mol. The molecule has 0 amide bonds. The molecule has 0 unspecified atom stereocenters. The molecule has 2 nitrogen and oxygen atoms in total. The molecule has 1 fully saturated rings. The average molecular weight is 150 g/mol. The molecule has 0 spiro atoms. The van der Waals surface area contributed by atoms with E-state index >= 15 is 0 Å². The normalized spacial score (nSPS) is 41.7. The summed E-state index contributed by atoms with van der Waals surface area (Å²) >= 11 is 0. The van der Waals surface area contributed by atoms with Gasteiger partial charge in [0, 0.05) is 5.92 Å². The van der Waals surface area contributed by atoms with Crippen LogP contribution < -0.4 is 0 Å².